The molecule has 5 aromatic rings. The normalized spacial score (nSPS) is 21.5. The fraction of sp³-hybridized carbons (Fsp3) is 0.150. The summed E-state index contributed by atoms with van der Waals surface area (Å²) in [5.74, 6) is -1.59. The van der Waals surface area contributed by atoms with Gasteiger partial charge < -0.3 is 0 Å². The lowest BCUT2D eigenvalue weighted by Crippen LogP contribution is -2.56. The molecule has 0 spiro atoms. The highest BCUT2D eigenvalue weighted by molar-refractivity contribution is 6.43. The number of rotatable bonds is 7. The Morgan fingerprint density at radius 3 is 1.38 bits per heavy atom. The van der Waals surface area contributed by atoms with Gasteiger partial charge in [-0.15, -0.1) is 0 Å². The fourth-order valence-corrected chi connectivity index (χ4v) is 7.60. The van der Waals surface area contributed by atoms with E-state index >= 15 is 0 Å². The third kappa shape index (κ3) is 4.26. The number of carbonyl (C=O) groups excluding carboxylic acids is 2. The Morgan fingerprint density at radius 1 is 0.524 bits per heavy atom. The molecule has 1 saturated carbocycles. The van der Waals surface area contributed by atoms with Gasteiger partial charge in [0.15, 0.2) is 0 Å². The summed E-state index contributed by atoms with van der Waals surface area (Å²) in [6, 6.07) is 51.7. The molecule has 0 aliphatic heterocycles. The molecule has 0 aromatic heterocycles. The Labute approximate surface area is 247 Å². The van der Waals surface area contributed by atoms with Crippen LogP contribution in [-0.4, -0.2) is 11.6 Å². The van der Waals surface area contributed by atoms with Crippen LogP contribution in [0.3, 0.4) is 0 Å². The molecule has 204 valence electrons. The van der Waals surface area contributed by atoms with Crippen molar-refractivity contribution in [1.29, 1.82) is 0 Å². The summed E-state index contributed by atoms with van der Waals surface area (Å²) in [6.07, 6.45) is 2.85. The molecule has 0 amide bonds. The first-order valence-electron chi connectivity index (χ1n) is 14.7. The maximum Gasteiger partial charge on any atom is 0.210 e. The van der Waals surface area contributed by atoms with Crippen LogP contribution < -0.4 is 0 Å². The van der Waals surface area contributed by atoms with Crippen molar-refractivity contribution in [2.45, 2.75) is 24.2 Å². The van der Waals surface area contributed by atoms with Crippen molar-refractivity contribution in [3.05, 3.63) is 191 Å². The highest BCUT2D eigenvalue weighted by Gasteiger charge is 2.62. The number of carbonyl (C=O) groups is 2. The van der Waals surface area contributed by atoms with E-state index in [1.807, 2.05) is 66.7 Å². The average molecular weight is 545 g/mol. The second-order valence-electron chi connectivity index (χ2n) is 11.5. The minimum absolute atomic E-state index is 0.127. The number of hydrogen-bond acceptors (Lipinski definition) is 2. The zero-order chi connectivity index (χ0) is 28.5. The van der Waals surface area contributed by atoms with E-state index in [0.29, 0.717) is 6.42 Å². The topological polar surface area (TPSA) is 34.1 Å². The lowest BCUT2D eigenvalue weighted by molar-refractivity contribution is -0.149. The van der Waals surface area contributed by atoms with Gasteiger partial charge in [0.05, 0.1) is 5.41 Å². The largest absolute Gasteiger partial charge is 0.290 e. The van der Waals surface area contributed by atoms with E-state index in [4.69, 9.17) is 0 Å². The Kier molecular flexibility index (Phi) is 6.76. The van der Waals surface area contributed by atoms with E-state index in [0.717, 1.165) is 33.4 Å². The SMILES string of the molecule is O=C1C(=O)[C@]2(C(c3ccccc3)c3ccccc3)C=C(C(c3ccccc3)c3ccccc3)C1C[C@H]2c1ccccc1. The van der Waals surface area contributed by atoms with Crippen molar-refractivity contribution >= 4 is 11.6 Å². The van der Waals surface area contributed by atoms with Crippen LogP contribution >= 0.6 is 0 Å². The molecule has 0 saturated heterocycles. The van der Waals surface area contributed by atoms with E-state index in [1.165, 1.54) is 0 Å². The van der Waals surface area contributed by atoms with Crippen LogP contribution in [0.2, 0.25) is 0 Å². The third-order valence-electron chi connectivity index (χ3n) is 9.33. The fourth-order valence-electron chi connectivity index (χ4n) is 7.60. The van der Waals surface area contributed by atoms with E-state index in [-0.39, 0.29) is 29.3 Å². The standard InChI is InChI=1S/C40H32O2/c41-38-33-26-35(28-16-6-1-7-17-28)40(39(38)42,37(31-22-12-4-13-23-31)32-24-14-5-15-25-32)27-34(33)36(29-18-8-2-9-19-29)30-20-10-3-11-21-30/h1-25,27,33,35-37H,26H2/t33?,35-,40+/m0/s1. The third-order valence-corrected chi connectivity index (χ3v) is 9.33. The van der Waals surface area contributed by atoms with Crippen molar-refractivity contribution < 1.29 is 9.59 Å². The van der Waals surface area contributed by atoms with Crippen molar-refractivity contribution in [2.24, 2.45) is 11.3 Å². The zero-order valence-corrected chi connectivity index (χ0v) is 23.3. The van der Waals surface area contributed by atoms with E-state index in [1.54, 1.807) is 0 Å². The van der Waals surface area contributed by atoms with Gasteiger partial charge in [-0.05, 0) is 34.2 Å². The molecule has 3 aliphatic carbocycles. The van der Waals surface area contributed by atoms with Gasteiger partial charge in [-0.25, -0.2) is 0 Å². The van der Waals surface area contributed by atoms with Crippen molar-refractivity contribution in [3.8, 4) is 0 Å². The van der Waals surface area contributed by atoms with Crippen LogP contribution in [0.1, 0.15) is 52.0 Å². The van der Waals surface area contributed by atoms with Gasteiger partial charge in [0.2, 0.25) is 11.6 Å². The molecule has 2 bridgehead atoms. The second kappa shape index (κ2) is 10.9. The predicted molar refractivity (Wildman–Crippen MR) is 167 cm³/mol. The molecule has 1 unspecified atom stereocenters. The Bertz CT molecular complexity index is 1650. The molecule has 0 N–H and O–H groups in total. The lowest BCUT2D eigenvalue weighted by atomic mass is 9.46. The lowest BCUT2D eigenvalue weighted by Gasteiger charge is -2.53. The zero-order valence-electron chi connectivity index (χ0n) is 23.3. The van der Waals surface area contributed by atoms with Crippen LogP contribution in [0.15, 0.2) is 163 Å². The molecule has 2 nitrogen and oxygen atoms in total. The maximum absolute atomic E-state index is 14.7. The molecule has 2 heteroatoms. The molecule has 5 aromatic carbocycles. The maximum atomic E-state index is 14.7. The van der Waals surface area contributed by atoms with Gasteiger partial charge in [-0.1, -0.05) is 163 Å². The summed E-state index contributed by atoms with van der Waals surface area (Å²) in [7, 11) is 0. The molecule has 8 rings (SSSR count). The summed E-state index contributed by atoms with van der Waals surface area (Å²) in [5, 5.41) is 0. The number of allylic oxidation sites excluding steroid dienone is 2. The molecule has 42 heavy (non-hydrogen) atoms. The van der Waals surface area contributed by atoms with Crippen LogP contribution in [0.4, 0.5) is 0 Å². The van der Waals surface area contributed by atoms with Gasteiger partial charge in [0, 0.05) is 23.7 Å². The summed E-state index contributed by atoms with van der Waals surface area (Å²) < 4.78 is 0. The van der Waals surface area contributed by atoms with Crippen LogP contribution in [0.25, 0.3) is 0 Å². The average Bonchev–Trinajstić information content (AvgIpc) is 3.06. The minimum Gasteiger partial charge on any atom is -0.290 e. The van der Waals surface area contributed by atoms with Gasteiger partial charge in [-0.3, -0.25) is 9.59 Å². The summed E-state index contributed by atoms with van der Waals surface area (Å²) in [5.41, 5.74) is 5.41. The molecular weight excluding hydrogens is 512 g/mol. The van der Waals surface area contributed by atoms with Crippen molar-refractivity contribution in [1.82, 2.24) is 0 Å². The van der Waals surface area contributed by atoms with Gasteiger partial charge in [-0.2, -0.15) is 0 Å². The molecule has 0 radical (unpaired) electrons. The smallest absolute Gasteiger partial charge is 0.210 e. The molecule has 0 heterocycles. The Morgan fingerprint density at radius 2 is 0.929 bits per heavy atom. The van der Waals surface area contributed by atoms with Gasteiger partial charge >= 0.3 is 0 Å². The minimum atomic E-state index is -1.08. The molecule has 3 aliphatic rings. The van der Waals surface area contributed by atoms with E-state index < -0.39 is 11.3 Å². The Hall–Kier alpha value is -4.82. The first-order chi connectivity index (χ1) is 20.7. The summed E-state index contributed by atoms with van der Waals surface area (Å²) in [4.78, 5) is 29.1. The highest BCUT2D eigenvalue weighted by atomic mass is 16.2. The highest BCUT2D eigenvalue weighted by Crippen LogP contribution is 2.63. The van der Waals surface area contributed by atoms with E-state index in [2.05, 4.69) is 91.0 Å². The molecule has 1 fully saturated rings. The second-order valence-corrected chi connectivity index (χ2v) is 11.5. The van der Waals surface area contributed by atoms with Crippen molar-refractivity contribution in [3.63, 3.8) is 0 Å². The summed E-state index contributed by atoms with van der Waals surface area (Å²) in [6.45, 7) is 0. The Balaban J connectivity index is 1.55. The number of hydrogen-bond donors (Lipinski definition) is 0. The van der Waals surface area contributed by atoms with Gasteiger partial charge in [0.1, 0.15) is 0 Å². The number of Topliss-reactive ketones (excluding diaryl/α,β-unsaturated/α-hetero) is 2. The van der Waals surface area contributed by atoms with E-state index in [9.17, 15) is 9.59 Å². The van der Waals surface area contributed by atoms with Crippen LogP contribution in [0, 0.1) is 11.3 Å². The first-order valence-corrected chi connectivity index (χ1v) is 14.7. The number of fused-ring (bicyclic) bond motifs is 2. The first kappa shape index (κ1) is 26.1. The van der Waals surface area contributed by atoms with Gasteiger partial charge in [0.25, 0.3) is 0 Å². The number of ketones is 2. The number of benzene rings is 5. The monoisotopic (exact) mass is 544 g/mol. The summed E-state index contributed by atoms with van der Waals surface area (Å²) >= 11 is 0. The van der Waals surface area contributed by atoms with Crippen molar-refractivity contribution in [2.75, 3.05) is 0 Å². The molecule has 3 atom stereocenters. The van der Waals surface area contributed by atoms with Crippen LogP contribution in [0.5, 0.6) is 0 Å². The molecular formula is C40H32O2. The van der Waals surface area contributed by atoms with Crippen LogP contribution in [-0.2, 0) is 9.59 Å². The quantitative estimate of drug-likeness (QED) is 0.152. The predicted octanol–water partition coefficient (Wildman–Crippen LogP) is 8.52.